The Morgan fingerprint density at radius 1 is 1.61 bits per heavy atom. The summed E-state index contributed by atoms with van der Waals surface area (Å²) in [7, 11) is 1.60. The summed E-state index contributed by atoms with van der Waals surface area (Å²) >= 11 is 0. The van der Waals surface area contributed by atoms with E-state index in [0.717, 1.165) is 25.1 Å². The lowest BCUT2D eigenvalue weighted by atomic mass is 10.1. The van der Waals surface area contributed by atoms with Gasteiger partial charge in [0.1, 0.15) is 0 Å². The van der Waals surface area contributed by atoms with Crippen molar-refractivity contribution in [2.75, 3.05) is 30.8 Å². The average molecular weight is 249 g/mol. The predicted molar refractivity (Wildman–Crippen MR) is 71.7 cm³/mol. The Morgan fingerprint density at radius 3 is 3.06 bits per heavy atom. The third kappa shape index (κ3) is 2.26. The van der Waals surface area contributed by atoms with E-state index < -0.39 is 0 Å². The highest BCUT2D eigenvalue weighted by molar-refractivity contribution is 5.96. The summed E-state index contributed by atoms with van der Waals surface area (Å²) in [5, 5.41) is 11.9. The number of nitrogens with zero attached hydrogens (tertiary/aromatic N) is 1. The highest BCUT2D eigenvalue weighted by atomic mass is 16.3. The zero-order chi connectivity index (χ0) is 13.1. The Morgan fingerprint density at radius 2 is 2.39 bits per heavy atom. The Balaban J connectivity index is 2.34. The van der Waals surface area contributed by atoms with Crippen LogP contribution >= 0.6 is 0 Å². The molecule has 1 aliphatic heterocycles. The Hall–Kier alpha value is -1.75. The van der Waals surface area contributed by atoms with Gasteiger partial charge in [-0.2, -0.15) is 0 Å². The van der Waals surface area contributed by atoms with Crippen LogP contribution in [0.3, 0.4) is 0 Å². The van der Waals surface area contributed by atoms with Crippen molar-refractivity contribution in [3.05, 3.63) is 23.8 Å². The second kappa shape index (κ2) is 5.27. The Kier molecular flexibility index (Phi) is 3.72. The summed E-state index contributed by atoms with van der Waals surface area (Å²) in [6.45, 7) is 0.982. The molecule has 0 bridgehead atoms. The first-order chi connectivity index (χ1) is 8.67. The molecule has 1 saturated heterocycles. The van der Waals surface area contributed by atoms with Gasteiger partial charge >= 0.3 is 0 Å². The van der Waals surface area contributed by atoms with Gasteiger partial charge in [-0.05, 0) is 31.0 Å². The highest BCUT2D eigenvalue weighted by Gasteiger charge is 2.25. The van der Waals surface area contributed by atoms with E-state index in [1.165, 1.54) is 0 Å². The Labute approximate surface area is 107 Å². The third-order valence-electron chi connectivity index (χ3n) is 3.42. The molecule has 5 nitrogen and oxygen atoms in total. The van der Waals surface area contributed by atoms with E-state index in [0.29, 0.717) is 11.3 Å². The van der Waals surface area contributed by atoms with Crippen molar-refractivity contribution in [2.24, 2.45) is 0 Å². The molecule has 1 fully saturated rings. The lowest BCUT2D eigenvalue weighted by Crippen LogP contribution is -2.33. The molecule has 1 aromatic carbocycles. The summed E-state index contributed by atoms with van der Waals surface area (Å²) in [4.78, 5) is 13.7. The van der Waals surface area contributed by atoms with Crippen molar-refractivity contribution in [3.63, 3.8) is 0 Å². The van der Waals surface area contributed by atoms with Crippen LogP contribution < -0.4 is 16.0 Å². The first-order valence-electron chi connectivity index (χ1n) is 6.16. The molecule has 0 spiro atoms. The van der Waals surface area contributed by atoms with Crippen LogP contribution in [0.5, 0.6) is 0 Å². The second-order valence-corrected chi connectivity index (χ2v) is 4.52. The lowest BCUT2D eigenvalue weighted by Gasteiger charge is -2.27. The van der Waals surface area contributed by atoms with E-state index in [-0.39, 0.29) is 18.6 Å². The van der Waals surface area contributed by atoms with Gasteiger partial charge in [-0.3, -0.25) is 4.79 Å². The molecule has 18 heavy (non-hydrogen) atoms. The van der Waals surface area contributed by atoms with Crippen LogP contribution in [0, 0.1) is 0 Å². The summed E-state index contributed by atoms with van der Waals surface area (Å²) in [5.74, 6) is -0.129. The molecule has 1 amide bonds. The number of nitrogens with one attached hydrogen (secondary N) is 1. The van der Waals surface area contributed by atoms with E-state index >= 15 is 0 Å². The molecule has 1 atom stereocenters. The zero-order valence-electron chi connectivity index (χ0n) is 10.5. The van der Waals surface area contributed by atoms with E-state index in [1.54, 1.807) is 25.2 Å². The average Bonchev–Trinajstić information content (AvgIpc) is 2.86. The molecule has 0 saturated carbocycles. The number of amides is 1. The number of carbonyl (C=O) groups is 1. The van der Waals surface area contributed by atoms with Gasteiger partial charge < -0.3 is 21.1 Å². The van der Waals surface area contributed by atoms with Crippen LogP contribution in [-0.4, -0.2) is 37.3 Å². The van der Waals surface area contributed by atoms with Crippen molar-refractivity contribution in [1.29, 1.82) is 0 Å². The van der Waals surface area contributed by atoms with Crippen LogP contribution in [0.1, 0.15) is 23.2 Å². The van der Waals surface area contributed by atoms with Gasteiger partial charge in [0.25, 0.3) is 5.91 Å². The van der Waals surface area contributed by atoms with Crippen molar-refractivity contribution < 1.29 is 9.90 Å². The van der Waals surface area contributed by atoms with Gasteiger partial charge in [0.2, 0.25) is 0 Å². The molecule has 0 aromatic heterocycles. The predicted octanol–water partition coefficient (Wildman–Crippen LogP) is 0.589. The minimum atomic E-state index is -0.129. The number of nitrogens with two attached hydrogens (primary N) is 1. The molecule has 1 aliphatic rings. The van der Waals surface area contributed by atoms with Gasteiger partial charge in [0, 0.05) is 19.2 Å². The van der Waals surface area contributed by atoms with Crippen LogP contribution in [0.4, 0.5) is 11.4 Å². The van der Waals surface area contributed by atoms with Crippen LogP contribution in [0.25, 0.3) is 0 Å². The number of hydrogen-bond acceptors (Lipinski definition) is 4. The molecule has 1 unspecified atom stereocenters. The fourth-order valence-corrected chi connectivity index (χ4v) is 2.42. The molecule has 2 rings (SSSR count). The molecule has 1 aromatic rings. The third-order valence-corrected chi connectivity index (χ3v) is 3.42. The van der Waals surface area contributed by atoms with Crippen LogP contribution in [0.15, 0.2) is 18.2 Å². The molecule has 5 heteroatoms. The second-order valence-electron chi connectivity index (χ2n) is 4.52. The largest absolute Gasteiger partial charge is 0.397 e. The highest BCUT2D eigenvalue weighted by Crippen LogP contribution is 2.31. The summed E-state index contributed by atoms with van der Waals surface area (Å²) < 4.78 is 0. The van der Waals surface area contributed by atoms with Crippen molar-refractivity contribution in [3.8, 4) is 0 Å². The normalized spacial score (nSPS) is 19.0. The SMILES string of the molecule is CNC(=O)c1ccc(N)c(N2CCCC2CO)c1. The first kappa shape index (κ1) is 12.7. The monoisotopic (exact) mass is 249 g/mol. The standard InChI is InChI=1S/C13H19N3O2/c1-15-13(18)9-4-5-11(14)12(7-9)16-6-2-3-10(16)8-17/h4-5,7,10,17H,2-3,6,8,14H2,1H3,(H,15,18). The lowest BCUT2D eigenvalue weighted by molar-refractivity contribution is 0.0963. The van der Waals surface area contributed by atoms with Gasteiger partial charge in [-0.25, -0.2) is 0 Å². The number of aliphatic hydroxyl groups excluding tert-OH is 1. The zero-order valence-corrected chi connectivity index (χ0v) is 10.5. The van der Waals surface area contributed by atoms with Crippen molar-refractivity contribution in [2.45, 2.75) is 18.9 Å². The Bertz CT molecular complexity index is 448. The summed E-state index contributed by atoms with van der Waals surface area (Å²) in [6.07, 6.45) is 2.00. The van der Waals surface area contributed by atoms with E-state index in [2.05, 4.69) is 10.2 Å². The first-order valence-corrected chi connectivity index (χ1v) is 6.16. The van der Waals surface area contributed by atoms with Gasteiger partial charge in [-0.1, -0.05) is 0 Å². The summed E-state index contributed by atoms with van der Waals surface area (Å²) in [6, 6.07) is 5.35. The van der Waals surface area contributed by atoms with Crippen molar-refractivity contribution in [1.82, 2.24) is 5.32 Å². The molecule has 0 radical (unpaired) electrons. The van der Waals surface area contributed by atoms with Gasteiger partial charge in [0.15, 0.2) is 0 Å². The number of anilines is 2. The van der Waals surface area contributed by atoms with Gasteiger partial charge in [-0.15, -0.1) is 0 Å². The van der Waals surface area contributed by atoms with E-state index in [9.17, 15) is 9.90 Å². The topological polar surface area (TPSA) is 78.6 Å². The maximum Gasteiger partial charge on any atom is 0.251 e. The maximum atomic E-state index is 11.6. The summed E-state index contributed by atoms with van der Waals surface area (Å²) in [5.41, 5.74) is 8.04. The molecule has 1 heterocycles. The van der Waals surface area contributed by atoms with Crippen molar-refractivity contribution >= 4 is 17.3 Å². The fourth-order valence-electron chi connectivity index (χ4n) is 2.42. The maximum absolute atomic E-state index is 11.6. The quantitative estimate of drug-likeness (QED) is 0.685. The number of benzene rings is 1. The van der Waals surface area contributed by atoms with Crippen LogP contribution in [-0.2, 0) is 0 Å². The molecular weight excluding hydrogens is 230 g/mol. The smallest absolute Gasteiger partial charge is 0.251 e. The molecule has 4 N–H and O–H groups in total. The molecular formula is C13H19N3O2. The fraction of sp³-hybridized carbons (Fsp3) is 0.462. The molecule has 0 aliphatic carbocycles. The number of aliphatic hydroxyl groups is 1. The number of nitrogen functional groups attached to an aromatic ring is 1. The number of rotatable bonds is 3. The molecule has 98 valence electrons. The van der Waals surface area contributed by atoms with Crippen LogP contribution in [0.2, 0.25) is 0 Å². The van der Waals surface area contributed by atoms with E-state index in [4.69, 9.17) is 5.73 Å². The van der Waals surface area contributed by atoms with E-state index in [1.807, 2.05) is 0 Å². The van der Waals surface area contributed by atoms with Gasteiger partial charge in [0.05, 0.1) is 24.0 Å². The number of carbonyl (C=O) groups excluding carboxylic acids is 1. The minimum Gasteiger partial charge on any atom is -0.397 e. The minimum absolute atomic E-state index is 0.104. The number of hydrogen-bond donors (Lipinski definition) is 3.